The Morgan fingerprint density at radius 3 is 2.62 bits per heavy atom. The molecule has 0 aliphatic carbocycles. The van der Waals surface area contributed by atoms with Gasteiger partial charge in [0.1, 0.15) is 0 Å². The van der Waals surface area contributed by atoms with Crippen LogP contribution in [0, 0.1) is 6.92 Å². The summed E-state index contributed by atoms with van der Waals surface area (Å²) in [6.07, 6.45) is 5.42. The maximum atomic E-state index is 12.1. The highest BCUT2D eigenvalue weighted by Gasteiger charge is 2.09. The van der Waals surface area contributed by atoms with E-state index in [0.29, 0.717) is 18.7 Å². The van der Waals surface area contributed by atoms with Crippen molar-refractivity contribution < 1.29 is 9.59 Å². The number of amides is 2. The molecule has 1 aromatic carbocycles. The molecule has 0 radical (unpaired) electrons. The van der Waals surface area contributed by atoms with Crippen LogP contribution in [0.25, 0.3) is 11.3 Å². The van der Waals surface area contributed by atoms with Crippen LogP contribution in [-0.4, -0.2) is 34.9 Å². The number of aryl methyl sites for hydroxylation is 2. The molecule has 6 nitrogen and oxygen atoms in total. The number of carbonyl (C=O) groups is 2. The first-order valence-corrected chi connectivity index (χ1v) is 10.5. The molecular weight excluding hydrogens is 384 g/mol. The number of hydrogen-bond donors (Lipinski definition) is 2. The molecule has 2 heterocycles. The summed E-state index contributed by atoms with van der Waals surface area (Å²) in [7, 11) is 0. The Kier molecular flexibility index (Phi) is 7.47. The lowest BCUT2D eigenvalue weighted by Crippen LogP contribution is -2.31. The second-order valence-electron chi connectivity index (χ2n) is 6.64. The number of nitrogens with one attached hydrogen (secondary N) is 2. The van der Waals surface area contributed by atoms with Crippen LogP contribution < -0.4 is 10.6 Å². The van der Waals surface area contributed by atoms with E-state index in [4.69, 9.17) is 0 Å². The van der Waals surface area contributed by atoms with Crippen molar-refractivity contribution in [3.05, 3.63) is 70.3 Å². The van der Waals surface area contributed by atoms with Crippen molar-refractivity contribution in [1.29, 1.82) is 0 Å². The van der Waals surface area contributed by atoms with Crippen LogP contribution in [0.4, 0.5) is 0 Å². The van der Waals surface area contributed by atoms with Crippen LogP contribution >= 0.6 is 11.3 Å². The molecule has 0 aliphatic rings. The number of carbonyl (C=O) groups excluding carboxylic acids is 2. The van der Waals surface area contributed by atoms with Gasteiger partial charge in [0.05, 0.1) is 10.7 Å². The third kappa shape index (κ3) is 6.22. The number of thiazole rings is 1. The van der Waals surface area contributed by atoms with E-state index in [1.807, 2.05) is 42.6 Å². The van der Waals surface area contributed by atoms with E-state index < -0.39 is 0 Å². The Hall–Kier alpha value is -3.06. The zero-order valence-corrected chi connectivity index (χ0v) is 17.2. The SMILES string of the molecule is Cc1ccccc1C(=O)NCCC(=O)NCCCc1nc(-c2ccncc2)cs1. The molecule has 2 amide bonds. The standard InChI is InChI=1S/C22H24N4O2S/c1-16-5-2-3-6-18(16)22(28)25-14-10-20(27)24-11-4-7-21-26-19(15-29-21)17-8-12-23-13-9-17/h2-3,5-6,8-9,12-13,15H,4,7,10-11,14H2,1H3,(H,24,27)(H,25,28). The van der Waals surface area contributed by atoms with Crippen molar-refractivity contribution in [1.82, 2.24) is 20.6 Å². The Morgan fingerprint density at radius 1 is 1.03 bits per heavy atom. The van der Waals surface area contributed by atoms with Gasteiger partial charge >= 0.3 is 0 Å². The normalized spacial score (nSPS) is 10.5. The highest BCUT2D eigenvalue weighted by molar-refractivity contribution is 7.09. The molecule has 3 aromatic rings. The molecule has 0 aliphatic heterocycles. The Balaban J connectivity index is 1.32. The van der Waals surface area contributed by atoms with Gasteiger partial charge in [0, 0.05) is 54.8 Å². The lowest BCUT2D eigenvalue weighted by molar-refractivity contribution is -0.120. The number of hydrogen-bond acceptors (Lipinski definition) is 5. The van der Waals surface area contributed by atoms with Gasteiger partial charge in [-0.25, -0.2) is 4.98 Å². The number of pyridine rings is 1. The van der Waals surface area contributed by atoms with Gasteiger partial charge in [-0.3, -0.25) is 14.6 Å². The van der Waals surface area contributed by atoms with Crippen molar-refractivity contribution >= 4 is 23.2 Å². The highest BCUT2D eigenvalue weighted by Crippen LogP contribution is 2.21. The van der Waals surface area contributed by atoms with Crippen molar-refractivity contribution in [3.8, 4) is 11.3 Å². The number of aromatic nitrogens is 2. The van der Waals surface area contributed by atoms with Gasteiger partial charge in [-0.2, -0.15) is 0 Å². The van der Waals surface area contributed by atoms with E-state index >= 15 is 0 Å². The Morgan fingerprint density at radius 2 is 1.83 bits per heavy atom. The minimum absolute atomic E-state index is 0.0632. The zero-order chi connectivity index (χ0) is 20.5. The summed E-state index contributed by atoms with van der Waals surface area (Å²) in [5, 5.41) is 8.78. The van der Waals surface area contributed by atoms with Gasteiger partial charge in [0.2, 0.25) is 5.91 Å². The topological polar surface area (TPSA) is 84.0 Å². The second-order valence-corrected chi connectivity index (χ2v) is 7.58. The number of rotatable bonds is 9. The largest absolute Gasteiger partial charge is 0.356 e. The van der Waals surface area contributed by atoms with E-state index in [-0.39, 0.29) is 18.2 Å². The molecule has 0 saturated heterocycles. The molecule has 0 atom stereocenters. The third-order valence-electron chi connectivity index (χ3n) is 4.44. The number of benzene rings is 1. The minimum atomic E-state index is -0.148. The molecule has 2 aromatic heterocycles. The smallest absolute Gasteiger partial charge is 0.251 e. The van der Waals surface area contributed by atoms with Crippen LogP contribution in [0.1, 0.15) is 33.8 Å². The maximum absolute atomic E-state index is 12.1. The predicted molar refractivity (Wildman–Crippen MR) is 115 cm³/mol. The molecule has 0 spiro atoms. The van der Waals surface area contributed by atoms with Crippen LogP contribution in [0.2, 0.25) is 0 Å². The molecular formula is C22H24N4O2S. The van der Waals surface area contributed by atoms with E-state index in [1.54, 1.807) is 29.8 Å². The monoisotopic (exact) mass is 408 g/mol. The van der Waals surface area contributed by atoms with Crippen molar-refractivity contribution in [2.24, 2.45) is 0 Å². The van der Waals surface area contributed by atoms with Crippen molar-refractivity contribution in [2.45, 2.75) is 26.2 Å². The molecule has 0 saturated carbocycles. The average Bonchev–Trinajstić information content (AvgIpc) is 3.21. The molecule has 150 valence electrons. The average molecular weight is 409 g/mol. The first kappa shape index (κ1) is 20.7. The molecule has 29 heavy (non-hydrogen) atoms. The summed E-state index contributed by atoms with van der Waals surface area (Å²) in [6.45, 7) is 2.81. The number of nitrogens with zero attached hydrogens (tertiary/aromatic N) is 2. The van der Waals surface area contributed by atoms with Gasteiger partial charge in [0.25, 0.3) is 5.91 Å². The summed E-state index contributed by atoms with van der Waals surface area (Å²) in [6, 6.07) is 11.3. The summed E-state index contributed by atoms with van der Waals surface area (Å²) in [4.78, 5) is 32.7. The van der Waals surface area contributed by atoms with E-state index in [2.05, 4.69) is 20.6 Å². The van der Waals surface area contributed by atoms with Gasteiger partial charge < -0.3 is 10.6 Å². The Labute approximate surface area is 174 Å². The van der Waals surface area contributed by atoms with Crippen molar-refractivity contribution in [3.63, 3.8) is 0 Å². The summed E-state index contributed by atoms with van der Waals surface area (Å²) in [5.41, 5.74) is 3.58. The molecule has 3 rings (SSSR count). The van der Waals surface area contributed by atoms with Gasteiger partial charge in [-0.05, 0) is 37.1 Å². The molecule has 2 N–H and O–H groups in total. The fourth-order valence-electron chi connectivity index (χ4n) is 2.85. The fourth-order valence-corrected chi connectivity index (χ4v) is 3.70. The summed E-state index contributed by atoms with van der Waals surface area (Å²) >= 11 is 1.63. The lowest BCUT2D eigenvalue weighted by atomic mass is 10.1. The Bertz CT molecular complexity index is 956. The molecule has 0 bridgehead atoms. The fraction of sp³-hybridized carbons (Fsp3) is 0.273. The minimum Gasteiger partial charge on any atom is -0.356 e. The maximum Gasteiger partial charge on any atom is 0.251 e. The third-order valence-corrected chi connectivity index (χ3v) is 5.35. The quantitative estimate of drug-likeness (QED) is 0.532. The van der Waals surface area contributed by atoms with Gasteiger partial charge in [-0.1, -0.05) is 18.2 Å². The molecule has 0 fully saturated rings. The van der Waals surface area contributed by atoms with Gasteiger partial charge in [-0.15, -0.1) is 11.3 Å². The van der Waals surface area contributed by atoms with Crippen LogP contribution in [0.15, 0.2) is 54.2 Å². The zero-order valence-electron chi connectivity index (χ0n) is 16.4. The van der Waals surface area contributed by atoms with E-state index in [1.165, 1.54) is 0 Å². The van der Waals surface area contributed by atoms with Crippen LogP contribution in [0.3, 0.4) is 0 Å². The molecule has 7 heteroatoms. The van der Waals surface area contributed by atoms with Crippen LogP contribution in [-0.2, 0) is 11.2 Å². The molecule has 0 unspecified atom stereocenters. The van der Waals surface area contributed by atoms with Crippen molar-refractivity contribution in [2.75, 3.05) is 13.1 Å². The first-order chi connectivity index (χ1) is 14.1. The van der Waals surface area contributed by atoms with Crippen LogP contribution in [0.5, 0.6) is 0 Å². The van der Waals surface area contributed by atoms with E-state index in [9.17, 15) is 9.59 Å². The second kappa shape index (κ2) is 10.5. The van der Waals surface area contributed by atoms with E-state index in [0.717, 1.165) is 34.7 Å². The highest BCUT2D eigenvalue weighted by atomic mass is 32.1. The lowest BCUT2D eigenvalue weighted by Gasteiger charge is -2.08. The predicted octanol–water partition coefficient (Wildman–Crippen LogP) is 3.38. The summed E-state index contributed by atoms with van der Waals surface area (Å²) < 4.78 is 0. The summed E-state index contributed by atoms with van der Waals surface area (Å²) in [5.74, 6) is -0.212. The first-order valence-electron chi connectivity index (χ1n) is 9.59. The van der Waals surface area contributed by atoms with Gasteiger partial charge in [0.15, 0.2) is 0 Å².